The van der Waals surface area contributed by atoms with Gasteiger partial charge in [0.15, 0.2) is 17.9 Å². The first-order chi connectivity index (χ1) is 23.0. The Hall–Kier alpha value is -6.34. The second-order valence-electron chi connectivity index (χ2n) is 11.1. The van der Waals surface area contributed by atoms with Crippen molar-refractivity contribution in [3.8, 4) is 0 Å². The predicted molar refractivity (Wildman–Crippen MR) is 197 cm³/mol. The van der Waals surface area contributed by atoms with Gasteiger partial charge in [-0.1, -0.05) is 24.3 Å². The van der Waals surface area contributed by atoms with Gasteiger partial charge in [0, 0.05) is 64.8 Å². The van der Waals surface area contributed by atoms with E-state index in [1.165, 1.54) is 0 Å². The van der Waals surface area contributed by atoms with E-state index in [1.807, 2.05) is 129 Å². The van der Waals surface area contributed by atoms with Gasteiger partial charge in [0.1, 0.15) is 0 Å². The summed E-state index contributed by atoms with van der Waals surface area (Å²) in [4.78, 5) is 45.8. The van der Waals surface area contributed by atoms with E-state index in [2.05, 4.69) is 20.5 Å². The normalized spacial score (nSPS) is 10.3. The molecule has 6 aromatic rings. The summed E-state index contributed by atoms with van der Waals surface area (Å²) >= 11 is 0. The number of para-hydroxylation sites is 4. The number of carbonyl (C=O) groups is 3. The zero-order valence-electron chi connectivity index (χ0n) is 28.5. The number of nitrogens with one attached hydrogen (secondary N) is 1. The Kier molecular flexibility index (Phi) is 12.9. The fraction of sp³-hybridized carbons (Fsp3) is 0.167. The number of imidazole rings is 2. The summed E-state index contributed by atoms with van der Waals surface area (Å²) in [6, 6.07) is 30.0. The number of amides is 2. The minimum atomic E-state index is -0.389. The van der Waals surface area contributed by atoms with Crippen LogP contribution in [0.5, 0.6) is 0 Å². The van der Waals surface area contributed by atoms with Gasteiger partial charge in [0.25, 0.3) is 5.91 Å². The molecule has 0 fully saturated rings. The van der Waals surface area contributed by atoms with Crippen LogP contribution in [-0.4, -0.2) is 71.6 Å². The molecule has 0 aliphatic heterocycles. The molecule has 6 rings (SSSR count). The summed E-state index contributed by atoms with van der Waals surface area (Å²) in [6.07, 6.45) is 2.31. The average molecular weight is 663 g/mol. The Morgan fingerprint density at radius 1 is 0.694 bits per heavy atom. The second kappa shape index (κ2) is 17.0. The van der Waals surface area contributed by atoms with Crippen LogP contribution in [0.2, 0.25) is 0 Å². The molecule has 2 heterocycles. The van der Waals surface area contributed by atoms with Crippen molar-refractivity contribution in [2.45, 2.75) is 0 Å². The van der Waals surface area contributed by atoms with Crippen LogP contribution < -0.4 is 27.1 Å². The molecule has 6 N–H and O–H groups in total. The minimum absolute atomic E-state index is 0. The SMILES string of the molecule is CN(C)c1ccc(C(=O)N/N=C/c2nc3ccccc3n2C)cc1.CN(C)c1ccc(C(N)=O)cc1.Cn1c(C=O)nc2ccccc21.N. The van der Waals surface area contributed by atoms with E-state index in [0.29, 0.717) is 22.8 Å². The number of nitrogens with zero attached hydrogens (tertiary/aromatic N) is 7. The van der Waals surface area contributed by atoms with Gasteiger partial charge in [-0.05, 0) is 72.8 Å². The molecular formula is C36H42N10O3. The minimum Gasteiger partial charge on any atom is -0.378 e. The molecule has 4 aromatic carbocycles. The van der Waals surface area contributed by atoms with Gasteiger partial charge < -0.3 is 30.8 Å². The first kappa shape index (κ1) is 37.1. The standard InChI is InChI=1S/C18H19N5O.C9H8N2O.C9H12N2O.H3N/c1-22(2)14-10-8-13(9-11-14)18(24)21-19-12-17-20-15-6-4-5-7-16(15)23(17)3;1-11-8-5-3-2-4-7(8)10-9(11)6-12;1-11(2)8-5-3-7(4-6-8)9(10)12;/h4-12H,1-3H3,(H,21,24);2-6H,1H3;3-6H,1-2H3,(H2,10,12);1H3/b19-12+;;;. The molecule has 0 radical (unpaired) electrons. The molecule has 0 spiro atoms. The monoisotopic (exact) mass is 662 g/mol. The molecule has 0 atom stereocenters. The van der Waals surface area contributed by atoms with Crippen LogP contribution in [0.15, 0.2) is 102 Å². The number of aryl methyl sites for hydroxylation is 2. The third-order valence-electron chi connectivity index (χ3n) is 7.41. The topological polar surface area (TPSA) is 179 Å². The highest BCUT2D eigenvalue weighted by atomic mass is 16.2. The number of benzene rings is 4. The largest absolute Gasteiger partial charge is 0.378 e. The van der Waals surface area contributed by atoms with E-state index < -0.39 is 0 Å². The Balaban J connectivity index is 0.000000219. The first-order valence-electron chi connectivity index (χ1n) is 15.0. The second-order valence-corrected chi connectivity index (χ2v) is 11.1. The lowest BCUT2D eigenvalue weighted by molar-refractivity contribution is 0.0953. The lowest BCUT2D eigenvalue weighted by Crippen LogP contribution is -2.18. The molecule has 13 heteroatoms. The molecule has 2 aromatic heterocycles. The van der Waals surface area contributed by atoms with Gasteiger partial charge in [-0.25, -0.2) is 15.4 Å². The Morgan fingerprint density at radius 3 is 1.55 bits per heavy atom. The molecular weight excluding hydrogens is 620 g/mol. The maximum absolute atomic E-state index is 12.1. The lowest BCUT2D eigenvalue weighted by Gasteiger charge is -2.12. The Morgan fingerprint density at radius 2 is 1.12 bits per heavy atom. The number of aromatic nitrogens is 4. The van der Waals surface area contributed by atoms with Crippen LogP contribution in [0, 0.1) is 0 Å². The first-order valence-corrected chi connectivity index (χ1v) is 15.0. The molecule has 0 bridgehead atoms. The van der Waals surface area contributed by atoms with E-state index in [1.54, 1.807) is 35.0 Å². The van der Waals surface area contributed by atoms with Crippen LogP contribution in [0.1, 0.15) is 37.2 Å². The van der Waals surface area contributed by atoms with Crippen molar-refractivity contribution < 1.29 is 14.4 Å². The van der Waals surface area contributed by atoms with E-state index in [4.69, 9.17) is 5.73 Å². The fourth-order valence-electron chi connectivity index (χ4n) is 4.60. The van der Waals surface area contributed by atoms with Crippen molar-refractivity contribution in [2.75, 3.05) is 38.0 Å². The highest BCUT2D eigenvalue weighted by Gasteiger charge is 2.07. The zero-order valence-corrected chi connectivity index (χ0v) is 28.5. The molecule has 2 amide bonds. The quantitative estimate of drug-likeness (QED) is 0.124. The van der Waals surface area contributed by atoms with Crippen molar-refractivity contribution in [1.82, 2.24) is 30.7 Å². The predicted octanol–water partition coefficient (Wildman–Crippen LogP) is 4.80. The van der Waals surface area contributed by atoms with Crippen LogP contribution in [-0.2, 0) is 14.1 Å². The Labute approximate surface area is 285 Å². The number of nitrogens with two attached hydrogens (primary N) is 1. The zero-order chi connectivity index (χ0) is 34.8. The van der Waals surface area contributed by atoms with Crippen molar-refractivity contribution >= 4 is 57.8 Å². The fourth-order valence-corrected chi connectivity index (χ4v) is 4.60. The van der Waals surface area contributed by atoms with Gasteiger partial charge in [-0.15, -0.1) is 0 Å². The van der Waals surface area contributed by atoms with Gasteiger partial charge in [-0.3, -0.25) is 14.4 Å². The molecule has 254 valence electrons. The summed E-state index contributed by atoms with van der Waals surface area (Å²) in [5.74, 6) is 0.506. The summed E-state index contributed by atoms with van der Waals surface area (Å²) in [5, 5.41) is 4.01. The number of rotatable bonds is 7. The number of fused-ring (bicyclic) bond motifs is 2. The molecule has 0 saturated heterocycles. The van der Waals surface area contributed by atoms with Crippen molar-refractivity contribution in [1.29, 1.82) is 0 Å². The van der Waals surface area contributed by atoms with Crippen LogP contribution in [0.4, 0.5) is 11.4 Å². The summed E-state index contributed by atoms with van der Waals surface area (Å²) < 4.78 is 3.71. The molecule has 0 aliphatic rings. The molecule has 13 nitrogen and oxygen atoms in total. The Bertz CT molecular complexity index is 2040. The number of primary amides is 1. The highest BCUT2D eigenvalue weighted by molar-refractivity contribution is 5.95. The van der Waals surface area contributed by atoms with Crippen LogP contribution >= 0.6 is 0 Å². The lowest BCUT2D eigenvalue weighted by atomic mass is 10.2. The molecule has 0 unspecified atom stereocenters. The number of hydrogen-bond donors (Lipinski definition) is 3. The maximum atomic E-state index is 12.1. The molecule has 0 saturated carbocycles. The van der Waals surface area contributed by atoms with E-state index in [-0.39, 0.29) is 18.0 Å². The number of carbonyl (C=O) groups excluding carboxylic acids is 3. The third kappa shape index (κ3) is 9.36. The van der Waals surface area contributed by atoms with E-state index >= 15 is 0 Å². The number of anilines is 2. The van der Waals surface area contributed by atoms with Crippen molar-refractivity contribution in [2.24, 2.45) is 24.9 Å². The van der Waals surface area contributed by atoms with Gasteiger partial charge in [0.05, 0.1) is 28.3 Å². The summed E-state index contributed by atoms with van der Waals surface area (Å²) in [7, 11) is 11.5. The number of aldehydes is 1. The van der Waals surface area contributed by atoms with Crippen molar-refractivity contribution in [3.05, 3.63) is 120 Å². The summed E-state index contributed by atoms with van der Waals surface area (Å²) in [5.41, 5.74) is 14.6. The van der Waals surface area contributed by atoms with Crippen LogP contribution in [0.3, 0.4) is 0 Å². The van der Waals surface area contributed by atoms with Gasteiger partial charge in [-0.2, -0.15) is 5.10 Å². The molecule has 0 aliphatic carbocycles. The maximum Gasteiger partial charge on any atom is 0.271 e. The smallest absolute Gasteiger partial charge is 0.271 e. The van der Waals surface area contributed by atoms with Crippen molar-refractivity contribution in [3.63, 3.8) is 0 Å². The van der Waals surface area contributed by atoms with Crippen LogP contribution in [0.25, 0.3) is 22.1 Å². The highest BCUT2D eigenvalue weighted by Crippen LogP contribution is 2.15. The summed E-state index contributed by atoms with van der Waals surface area (Å²) in [6.45, 7) is 0. The number of hydrogen-bond acceptors (Lipinski definition) is 9. The van der Waals surface area contributed by atoms with E-state index in [0.717, 1.165) is 39.7 Å². The van der Waals surface area contributed by atoms with E-state index in [9.17, 15) is 14.4 Å². The molecule has 49 heavy (non-hydrogen) atoms. The average Bonchev–Trinajstić information content (AvgIpc) is 3.60. The third-order valence-corrected chi connectivity index (χ3v) is 7.41. The van der Waals surface area contributed by atoms with Gasteiger partial charge in [0.2, 0.25) is 5.91 Å². The number of hydrazone groups is 1. The van der Waals surface area contributed by atoms with Gasteiger partial charge >= 0.3 is 0 Å².